The molecule has 0 unspecified atom stereocenters. The molecule has 0 radical (unpaired) electrons. The van der Waals surface area contributed by atoms with Gasteiger partial charge in [0, 0.05) is 4.88 Å². The number of aryl methyl sites for hydroxylation is 1. The fourth-order valence-electron chi connectivity index (χ4n) is 1.71. The Bertz CT molecular complexity index is 708. The number of thiazole rings is 1. The van der Waals surface area contributed by atoms with Gasteiger partial charge in [-0.15, -0.1) is 11.3 Å². The van der Waals surface area contributed by atoms with Crippen molar-refractivity contribution in [3.05, 3.63) is 57.6 Å². The van der Waals surface area contributed by atoms with Crippen molar-refractivity contribution in [2.24, 2.45) is 21.9 Å². The molecular formula is C19H28N4S. The lowest BCUT2D eigenvalue weighted by Gasteiger charge is -2.18. The average Bonchev–Trinajstić information content (AvgIpc) is 2.81. The summed E-state index contributed by atoms with van der Waals surface area (Å²) in [5.41, 5.74) is 14.8. The minimum atomic E-state index is 0.0557. The molecule has 1 rings (SSSR count). The van der Waals surface area contributed by atoms with Gasteiger partial charge in [-0.25, -0.2) is 9.98 Å². The maximum Gasteiger partial charge on any atom is 0.186 e. The zero-order valence-corrected chi connectivity index (χ0v) is 16.1. The normalized spacial score (nSPS) is 12.5. The van der Waals surface area contributed by atoms with Crippen molar-refractivity contribution >= 4 is 23.4 Å². The molecule has 1 aromatic rings. The second-order valence-electron chi connectivity index (χ2n) is 6.75. The van der Waals surface area contributed by atoms with E-state index >= 15 is 0 Å². The molecule has 0 aliphatic carbocycles. The molecule has 24 heavy (non-hydrogen) atoms. The summed E-state index contributed by atoms with van der Waals surface area (Å²) in [6.07, 6.45) is 6.07. The van der Waals surface area contributed by atoms with Gasteiger partial charge in [0.1, 0.15) is 5.01 Å². The van der Waals surface area contributed by atoms with E-state index in [0.717, 1.165) is 32.3 Å². The Morgan fingerprint density at radius 3 is 2.42 bits per heavy atom. The van der Waals surface area contributed by atoms with Crippen molar-refractivity contribution in [2.75, 3.05) is 0 Å². The van der Waals surface area contributed by atoms with Crippen molar-refractivity contribution in [2.45, 2.75) is 41.2 Å². The summed E-state index contributed by atoms with van der Waals surface area (Å²) < 4.78 is 0. The zero-order chi connectivity index (χ0) is 18.5. The van der Waals surface area contributed by atoms with Crippen LogP contribution in [-0.4, -0.2) is 10.9 Å². The van der Waals surface area contributed by atoms with E-state index in [-0.39, 0.29) is 11.4 Å². The van der Waals surface area contributed by atoms with Gasteiger partial charge in [-0.2, -0.15) is 0 Å². The summed E-state index contributed by atoms with van der Waals surface area (Å²) in [5, 5.41) is 0.891. The quantitative estimate of drug-likeness (QED) is 0.458. The van der Waals surface area contributed by atoms with Gasteiger partial charge in [0.25, 0.3) is 0 Å². The predicted molar refractivity (Wildman–Crippen MR) is 107 cm³/mol. The molecule has 0 fully saturated rings. The molecule has 0 bridgehead atoms. The number of guanidine groups is 1. The Labute approximate surface area is 149 Å². The molecule has 0 saturated heterocycles. The number of aromatic nitrogens is 1. The molecule has 1 heterocycles. The largest absolute Gasteiger partial charge is 0.370 e. The summed E-state index contributed by atoms with van der Waals surface area (Å²) in [5.74, 6) is 0.0775. The monoisotopic (exact) mass is 344 g/mol. The highest BCUT2D eigenvalue weighted by Crippen LogP contribution is 2.26. The topological polar surface area (TPSA) is 77.3 Å². The number of aliphatic imine (C=N–C) groups is 1. The summed E-state index contributed by atoms with van der Waals surface area (Å²) >= 11 is 1.60. The van der Waals surface area contributed by atoms with Gasteiger partial charge in [0.05, 0.1) is 12.2 Å². The lowest BCUT2D eigenvalue weighted by molar-refractivity contribution is 0.519. The standard InChI is InChI=1S/C19H28N4S/c1-12(8-9-14(3)19(5,6)7)13(2)10-16-15(4)24-17(23-16)11-22-18(20)21/h8-10H,1,3,11H2,2,4-7H3,(H4,20,21,22)/b9-8-,13-10+. The Hall–Kier alpha value is -2.14. The lowest BCUT2D eigenvalue weighted by Crippen LogP contribution is -2.22. The van der Waals surface area contributed by atoms with E-state index in [1.807, 2.05) is 32.1 Å². The third-order valence-electron chi connectivity index (χ3n) is 3.58. The van der Waals surface area contributed by atoms with Crippen LogP contribution in [0.2, 0.25) is 0 Å². The molecule has 0 amide bonds. The zero-order valence-electron chi connectivity index (χ0n) is 15.3. The van der Waals surface area contributed by atoms with Crippen LogP contribution in [0.5, 0.6) is 0 Å². The Morgan fingerprint density at radius 1 is 1.25 bits per heavy atom. The first-order valence-corrected chi connectivity index (χ1v) is 8.59. The van der Waals surface area contributed by atoms with Crippen LogP contribution in [0, 0.1) is 12.3 Å². The van der Waals surface area contributed by atoms with Crippen LogP contribution in [0.25, 0.3) is 6.08 Å². The van der Waals surface area contributed by atoms with Gasteiger partial charge in [-0.1, -0.05) is 46.1 Å². The van der Waals surface area contributed by atoms with E-state index in [1.165, 1.54) is 0 Å². The maximum absolute atomic E-state index is 5.36. The van der Waals surface area contributed by atoms with Crippen LogP contribution >= 0.6 is 11.3 Å². The number of hydrogen-bond acceptors (Lipinski definition) is 3. The smallest absolute Gasteiger partial charge is 0.186 e. The first-order valence-electron chi connectivity index (χ1n) is 7.77. The van der Waals surface area contributed by atoms with Crippen molar-refractivity contribution in [3.63, 3.8) is 0 Å². The highest BCUT2D eigenvalue weighted by atomic mass is 32.1. The van der Waals surface area contributed by atoms with Gasteiger partial charge in [0.2, 0.25) is 0 Å². The van der Waals surface area contributed by atoms with Crippen LogP contribution in [0.4, 0.5) is 0 Å². The summed E-state index contributed by atoms with van der Waals surface area (Å²) in [4.78, 5) is 9.71. The summed E-state index contributed by atoms with van der Waals surface area (Å²) in [6, 6.07) is 0. The van der Waals surface area contributed by atoms with Crippen molar-refractivity contribution < 1.29 is 0 Å². The number of allylic oxidation sites excluding steroid dienone is 5. The number of hydrogen-bond donors (Lipinski definition) is 2. The van der Waals surface area contributed by atoms with Crippen LogP contribution in [-0.2, 0) is 6.54 Å². The minimum Gasteiger partial charge on any atom is -0.370 e. The molecule has 0 aliphatic heterocycles. The number of nitrogens with two attached hydrogens (primary N) is 2. The Balaban J connectivity index is 2.89. The molecule has 0 saturated carbocycles. The highest BCUT2D eigenvalue weighted by Gasteiger charge is 2.12. The maximum atomic E-state index is 5.36. The van der Waals surface area contributed by atoms with Crippen LogP contribution in [0.3, 0.4) is 0 Å². The molecule has 0 aliphatic rings. The number of rotatable bonds is 6. The number of nitrogens with zero attached hydrogens (tertiary/aromatic N) is 2. The van der Waals surface area contributed by atoms with Gasteiger partial charge in [0.15, 0.2) is 5.96 Å². The molecule has 0 aromatic carbocycles. The fraction of sp³-hybridized carbons (Fsp3) is 0.368. The van der Waals surface area contributed by atoms with E-state index in [4.69, 9.17) is 11.5 Å². The van der Waals surface area contributed by atoms with Crippen LogP contribution in [0.1, 0.15) is 43.3 Å². The van der Waals surface area contributed by atoms with E-state index in [2.05, 4.69) is 43.9 Å². The molecular weight excluding hydrogens is 316 g/mol. The van der Waals surface area contributed by atoms with Crippen LogP contribution in [0.15, 0.2) is 47.0 Å². The van der Waals surface area contributed by atoms with E-state index in [0.29, 0.717) is 6.54 Å². The molecule has 0 spiro atoms. The SMILES string of the molecule is C=C(/C=C\C(=C)C(C)(C)C)/C(C)=C/c1nc(CN=C(N)N)sc1C. The second-order valence-corrected chi connectivity index (χ2v) is 8.04. The van der Waals surface area contributed by atoms with Crippen molar-refractivity contribution in [3.8, 4) is 0 Å². The molecule has 4 N–H and O–H groups in total. The molecule has 4 nitrogen and oxygen atoms in total. The molecule has 130 valence electrons. The summed E-state index contributed by atoms with van der Waals surface area (Å²) in [6.45, 7) is 19.1. The van der Waals surface area contributed by atoms with Gasteiger partial charge >= 0.3 is 0 Å². The van der Waals surface area contributed by atoms with Gasteiger partial charge in [-0.3, -0.25) is 0 Å². The highest BCUT2D eigenvalue weighted by molar-refractivity contribution is 7.11. The first-order chi connectivity index (χ1) is 11.0. The third-order valence-corrected chi connectivity index (χ3v) is 4.55. The molecule has 0 atom stereocenters. The van der Waals surface area contributed by atoms with Gasteiger partial charge in [-0.05, 0) is 42.1 Å². The van der Waals surface area contributed by atoms with E-state index in [9.17, 15) is 0 Å². The average molecular weight is 345 g/mol. The predicted octanol–water partition coefficient (Wildman–Crippen LogP) is 4.34. The molecule has 1 aromatic heterocycles. The molecule has 5 heteroatoms. The van der Waals surface area contributed by atoms with E-state index < -0.39 is 0 Å². The Morgan fingerprint density at radius 2 is 1.88 bits per heavy atom. The first kappa shape index (κ1) is 19.9. The second kappa shape index (κ2) is 8.11. The van der Waals surface area contributed by atoms with Crippen LogP contribution < -0.4 is 11.5 Å². The van der Waals surface area contributed by atoms with Gasteiger partial charge < -0.3 is 11.5 Å². The van der Waals surface area contributed by atoms with Crippen molar-refractivity contribution in [1.82, 2.24) is 4.98 Å². The fourth-order valence-corrected chi connectivity index (χ4v) is 2.54. The Kier molecular flexibility index (Phi) is 6.72. The van der Waals surface area contributed by atoms with E-state index in [1.54, 1.807) is 11.3 Å². The van der Waals surface area contributed by atoms with Crippen molar-refractivity contribution in [1.29, 1.82) is 0 Å². The lowest BCUT2D eigenvalue weighted by atomic mass is 9.87. The third kappa shape index (κ3) is 6.16. The summed E-state index contributed by atoms with van der Waals surface area (Å²) in [7, 11) is 0. The minimum absolute atomic E-state index is 0.0557.